The predicted molar refractivity (Wildman–Crippen MR) is 73.6 cm³/mol. The molecule has 1 heterocycles. The van der Waals surface area contributed by atoms with Gasteiger partial charge in [-0.15, -0.1) is 0 Å². The average molecular weight is 263 g/mol. The molecule has 5 heteroatoms. The molecule has 2 rings (SSSR count). The van der Waals surface area contributed by atoms with Gasteiger partial charge < -0.3 is 21.1 Å². The molecular weight excluding hydrogens is 242 g/mol. The second-order valence-electron chi connectivity index (χ2n) is 4.91. The van der Waals surface area contributed by atoms with Crippen molar-refractivity contribution in [3.05, 3.63) is 35.9 Å². The molecule has 1 fully saturated rings. The zero-order chi connectivity index (χ0) is 13.7. The molecule has 0 bridgehead atoms. The van der Waals surface area contributed by atoms with Crippen LogP contribution in [0.1, 0.15) is 5.56 Å². The van der Waals surface area contributed by atoms with Gasteiger partial charge in [0.05, 0.1) is 6.61 Å². The molecule has 1 aliphatic heterocycles. The van der Waals surface area contributed by atoms with E-state index in [4.69, 9.17) is 10.8 Å². The van der Waals surface area contributed by atoms with Crippen LogP contribution < -0.4 is 11.1 Å². The van der Waals surface area contributed by atoms with Crippen molar-refractivity contribution in [2.75, 3.05) is 26.2 Å². The number of nitrogens with two attached hydrogens (primary N) is 1. The van der Waals surface area contributed by atoms with E-state index in [9.17, 15) is 4.79 Å². The van der Waals surface area contributed by atoms with Gasteiger partial charge in [-0.05, 0) is 12.0 Å². The number of amides is 1. The third-order valence-corrected chi connectivity index (χ3v) is 3.41. The molecule has 0 radical (unpaired) electrons. The largest absolute Gasteiger partial charge is 0.394 e. The molecule has 1 amide bonds. The summed E-state index contributed by atoms with van der Waals surface area (Å²) in [5.41, 5.74) is 6.83. The van der Waals surface area contributed by atoms with E-state index in [0.717, 1.165) is 13.0 Å². The minimum absolute atomic E-state index is 0.165. The van der Waals surface area contributed by atoms with Crippen LogP contribution >= 0.6 is 0 Å². The van der Waals surface area contributed by atoms with E-state index in [1.165, 1.54) is 5.56 Å². The molecule has 1 aromatic carbocycles. The lowest BCUT2D eigenvalue weighted by molar-refractivity contribution is -0.134. The maximum atomic E-state index is 11.9. The molecular formula is C14H21N3O2. The average Bonchev–Trinajstić information content (AvgIpc) is 2.47. The SMILES string of the molecule is NC(CO)C(=O)N1CCNC(Cc2ccccc2)C1. The summed E-state index contributed by atoms with van der Waals surface area (Å²) in [4.78, 5) is 13.7. The van der Waals surface area contributed by atoms with Crippen LogP contribution in [-0.4, -0.2) is 54.2 Å². The Labute approximate surface area is 113 Å². The summed E-state index contributed by atoms with van der Waals surface area (Å²) >= 11 is 0. The molecule has 2 atom stereocenters. The highest BCUT2D eigenvalue weighted by Gasteiger charge is 2.26. The topological polar surface area (TPSA) is 78.6 Å². The van der Waals surface area contributed by atoms with Gasteiger partial charge in [0.2, 0.25) is 5.91 Å². The van der Waals surface area contributed by atoms with Gasteiger partial charge in [0, 0.05) is 25.7 Å². The molecule has 0 aliphatic carbocycles. The van der Waals surface area contributed by atoms with Crippen molar-refractivity contribution in [2.45, 2.75) is 18.5 Å². The zero-order valence-corrected chi connectivity index (χ0v) is 11.0. The van der Waals surface area contributed by atoms with Gasteiger partial charge in [0.1, 0.15) is 6.04 Å². The van der Waals surface area contributed by atoms with E-state index in [-0.39, 0.29) is 18.6 Å². The van der Waals surface area contributed by atoms with Crippen molar-refractivity contribution >= 4 is 5.91 Å². The number of carbonyl (C=O) groups is 1. The predicted octanol–water partition coefficient (Wildman–Crippen LogP) is -0.651. The Balaban J connectivity index is 1.92. The van der Waals surface area contributed by atoms with Crippen LogP contribution in [0.2, 0.25) is 0 Å². The lowest BCUT2D eigenvalue weighted by Crippen LogP contribution is -2.57. The number of benzene rings is 1. The van der Waals surface area contributed by atoms with Crippen LogP contribution in [0.4, 0.5) is 0 Å². The number of aliphatic hydroxyl groups excluding tert-OH is 1. The molecule has 1 aromatic rings. The molecule has 0 saturated carbocycles. The van der Waals surface area contributed by atoms with Crippen LogP contribution in [0.15, 0.2) is 30.3 Å². The Morgan fingerprint density at radius 3 is 2.89 bits per heavy atom. The highest BCUT2D eigenvalue weighted by atomic mass is 16.3. The first-order valence-electron chi connectivity index (χ1n) is 6.63. The smallest absolute Gasteiger partial charge is 0.241 e. The van der Waals surface area contributed by atoms with Crippen molar-refractivity contribution < 1.29 is 9.90 Å². The Bertz CT molecular complexity index is 410. The fourth-order valence-corrected chi connectivity index (χ4v) is 2.37. The number of carbonyl (C=O) groups excluding carboxylic acids is 1. The lowest BCUT2D eigenvalue weighted by Gasteiger charge is -2.35. The van der Waals surface area contributed by atoms with E-state index in [1.807, 2.05) is 18.2 Å². The van der Waals surface area contributed by atoms with E-state index in [2.05, 4.69) is 17.4 Å². The first kappa shape index (κ1) is 14.0. The van der Waals surface area contributed by atoms with Crippen LogP contribution in [0.25, 0.3) is 0 Å². The Morgan fingerprint density at radius 2 is 2.21 bits per heavy atom. The first-order chi connectivity index (χ1) is 9.20. The maximum Gasteiger partial charge on any atom is 0.241 e. The lowest BCUT2D eigenvalue weighted by atomic mass is 10.0. The standard InChI is InChI=1S/C14H21N3O2/c15-13(10-18)14(19)17-7-6-16-12(9-17)8-11-4-2-1-3-5-11/h1-5,12-13,16,18H,6-10,15H2. The van der Waals surface area contributed by atoms with Gasteiger partial charge in [0.15, 0.2) is 0 Å². The highest BCUT2D eigenvalue weighted by Crippen LogP contribution is 2.08. The quantitative estimate of drug-likeness (QED) is 0.674. The maximum absolute atomic E-state index is 11.9. The molecule has 1 saturated heterocycles. The van der Waals surface area contributed by atoms with Gasteiger partial charge >= 0.3 is 0 Å². The van der Waals surface area contributed by atoms with Crippen molar-refractivity contribution in [3.8, 4) is 0 Å². The van der Waals surface area contributed by atoms with E-state index < -0.39 is 6.04 Å². The number of nitrogens with one attached hydrogen (secondary N) is 1. The van der Waals surface area contributed by atoms with Gasteiger partial charge in [-0.2, -0.15) is 0 Å². The Morgan fingerprint density at radius 1 is 1.47 bits per heavy atom. The van der Waals surface area contributed by atoms with Crippen LogP contribution in [-0.2, 0) is 11.2 Å². The first-order valence-corrected chi connectivity index (χ1v) is 6.63. The molecule has 104 valence electrons. The minimum Gasteiger partial charge on any atom is -0.394 e. The summed E-state index contributed by atoms with van der Waals surface area (Å²) in [5.74, 6) is -0.165. The zero-order valence-electron chi connectivity index (χ0n) is 11.0. The molecule has 19 heavy (non-hydrogen) atoms. The van der Waals surface area contributed by atoms with E-state index in [1.54, 1.807) is 4.90 Å². The number of hydrogen-bond acceptors (Lipinski definition) is 4. The normalized spacial score (nSPS) is 21.2. The molecule has 0 spiro atoms. The van der Waals surface area contributed by atoms with Crippen molar-refractivity contribution in [1.82, 2.24) is 10.2 Å². The number of aliphatic hydroxyl groups is 1. The van der Waals surface area contributed by atoms with E-state index in [0.29, 0.717) is 13.1 Å². The molecule has 1 aliphatic rings. The summed E-state index contributed by atoms with van der Waals surface area (Å²) in [7, 11) is 0. The van der Waals surface area contributed by atoms with Gasteiger partial charge in [0.25, 0.3) is 0 Å². The summed E-state index contributed by atoms with van der Waals surface area (Å²) < 4.78 is 0. The summed E-state index contributed by atoms with van der Waals surface area (Å²) in [6, 6.07) is 9.64. The van der Waals surface area contributed by atoms with Crippen LogP contribution in [0.5, 0.6) is 0 Å². The van der Waals surface area contributed by atoms with Gasteiger partial charge in [-0.3, -0.25) is 4.79 Å². The Kier molecular flexibility index (Phi) is 4.90. The minimum atomic E-state index is -0.796. The highest BCUT2D eigenvalue weighted by molar-refractivity contribution is 5.81. The number of nitrogens with zero attached hydrogens (tertiary/aromatic N) is 1. The summed E-state index contributed by atoms with van der Waals surface area (Å²) in [6.07, 6.45) is 0.888. The number of piperazine rings is 1. The fraction of sp³-hybridized carbons (Fsp3) is 0.500. The third kappa shape index (κ3) is 3.76. The fourth-order valence-electron chi connectivity index (χ4n) is 2.37. The van der Waals surface area contributed by atoms with Crippen LogP contribution in [0.3, 0.4) is 0 Å². The molecule has 2 unspecified atom stereocenters. The second kappa shape index (κ2) is 6.65. The summed E-state index contributed by atoms with van der Waals surface area (Å²) in [5, 5.41) is 12.4. The number of rotatable bonds is 4. The van der Waals surface area contributed by atoms with Crippen molar-refractivity contribution in [3.63, 3.8) is 0 Å². The third-order valence-electron chi connectivity index (χ3n) is 3.41. The van der Waals surface area contributed by atoms with Gasteiger partial charge in [-0.1, -0.05) is 30.3 Å². The summed E-state index contributed by atoms with van der Waals surface area (Å²) in [6.45, 7) is 1.76. The number of hydrogen-bond donors (Lipinski definition) is 3. The second-order valence-corrected chi connectivity index (χ2v) is 4.91. The monoisotopic (exact) mass is 263 g/mol. The molecule has 5 nitrogen and oxygen atoms in total. The Hall–Kier alpha value is -1.43. The van der Waals surface area contributed by atoms with Crippen molar-refractivity contribution in [1.29, 1.82) is 0 Å². The molecule has 4 N–H and O–H groups in total. The van der Waals surface area contributed by atoms with Gasteiger partial charge in [-0.25, -0.2) is 0 Å². The van der Waals surface area contributed by atoms with E-state index >= 15 is 0 Å². The van der Waals surface area contributed by atoms with Crippen molar-refractivity contribution in [2.24, 2.45) is 5.73 Å². The molecule has 0 aromatic heterocycles. The van der Waals surface area contributed by atoms with Crippen LogP contribution in [0, 0.1) is 0 Å².